The lowest BCUT2D eigenvalue weighted by Crippen LogP contribution is -2.30. The van der Waals surface area contributed by atoms with Gasteiger partial charge in [-0.15, -0.1) is 0 Å². The summed E-state index contributed by atoms with van der Waals surface area (Å²) in [4.78, 5) is 38.3. The Kier molecular flexibility index (Phi) is 63.6. The van der Waals surface area contributed by atoms with Gasteiger partial charge in [0.1, 0.15) is 13.2 Å². The first-order valence-corrected chi connectivity index (χ1v) is 34.1. The van der Waals surface area contributed by atoms with Crippen LogP contribution in [0.15, 0.2) is 48.6 Å². The summed E-state index contributed by atoms with van der Waals surface area (Å²) in [5.41, 5.74) is 0. The van der Waals surface area contributed by atoms with Crippen molar-refractivity contribution in [2.24, 2.45) is 0 Å². The lowest BCUT2D eigenvalue weighted by atomic mass is 10.0. The highest BCUT2D eigenvalue weighted by Crippen LogP contribution is 2.18. The predicted octanol–water partition coefficient (Wildman–Crippen LogP) is 23.3. The van der Waals surface area contributed by atoms with E-state index in [1.165, 1.54) is 238 Å². The van der Waals surface area contributed by atoms with Gasteiger partial charge in [0.15, 0.2) is 6.10 Å². The molecule has 6 nitrogen and oxygen atoms in total. The molecule has 1 unspecified atom stereocenters. The highest BCUT2D eigenvalue weighted by atomic mass is 16.6. The van der Waals surface area contributed by atoms with Crippen LogP contribution >= 0.6 is 0 Å². The van der Waals surface area contributed by atoms with Gasteiger partial charge in [0.25, 0.3) is 0 Å². The van der Waals surface area contributed by atoms with Crippen LogP contribution in [0.3, 0.4) is 0 Å². The van der Waals surface area contributed by atoms with Crippen molar-refractivity contribution < 1.29 is 28.6 Å². The summed E-state index contributed by atoms with van der Waals surface area (Å²) < 4.78 is 17.0. The fraction of sp³-hybridized carbons (Fsp3) is 0.845. The molecule has 0 aliphatic rings. The zero-order valence-electron chi connectivity index (χ0n) is 51.7. The van der Waals surface area contributed by atoms with Crippen molar-refractivity contribution in [2.45, 2.75) is 374 Å². The summed E-state index contributed by atoms with van der Waals surface area (Å²) in [6.45, 7) is 6.62. The Morgan fingerprint density at radius 1 is 0.260 bits per heavy atom. The van der Waals surface area contributed by atoms with Crippen LogP contribution in [0.1, 0.15) is 367 Å². The van der Waals surface area contributed by atoms with Gasteiger partial charge >= 0.3 is 17.9 Å². The molecule has 0 radical (unpaired) electrons. The fourth-order valence-corrected chi connectivity index (χ4v) is 10.2. The Balaban J connectivity index is 4.22. The molecule has 0 aromatic carbocycles. The third kappa shape index (κ3) is 64.1. The summed E-state index contributed by atoms with van der Waals surface area (Å²) in [5, 5.41) is 0. The molecular formula is C71H130O6. The molecule has 0 saturated heterocycles. The number of ether oxygens (including phenoxy) is 3. The Morgan fingerprint density at radius 3 is 0.766 bits per heavy atom. The van der Waals surface area contributed by atoms with Crippen molar-refractivity contribution in [1.82, 2.24) is 0 Å². The van der Waals surface area contributed by atoms with Crippen molar-refractivity contribution in [3.05, 3.63) is 48.6 Å². The molecule has 0 saturated carbocycles. The fourth-order valence-electron chi connectivity index (χ4n) is 10.2. The monoisotopic (exact) mass is 1080 g/mol. The van der Waals surface area contributed by atoms with Crippen LogP contribution in [-0.4, -0.2) is 37.2 Å². The van der Waals surface area contributed by atoms with E-state index in [0.717, 1.165) is 89.9 Å². The largest absolute Gasteiger partial charge is 0.462 e. The zero-order valence-corrected chi connectivity index (χ0v) is 51.7. The summed E-state index contributed by atoms with van der Waals surface area (Å²) in [6.07, 6.45) is 82.8. The lowest BCUT2D eigenvalue weighted by molar-refractivity contribution is -0.167. The Bertz CT molecular complexity index is 1330. The Labute approximate surface area is 479 Å². The summed E-state index contributed by atoms with van der Waals surface area (Å²) in [6, 6.07) is 0. The Morgan fingerprint density at radius 2 is 0.494 bits per heavy atom. The summed E-state index contributed by atoms with van der Waals surface area (Å²) >= 11 is 0. The number of hydrogen-bond acceptors (Lipinski definition) is 6. The molecule has 77 heavy (non-hydrogen) atoms. The molecule has 0 N–H and O–H groups in total. The van der Waals surface area contributed by atoms with Crippen LogP contribution in [0, 0.1) is 0 Å². The molecule has 450 valence electrons. The van der Waals surface area contributed by atoms with Gasteiger partial charge in [0, 0.05) is 19.3 Å². The van der Waals surface area contributed by atoms with E-state index in [-0.39, 0.29) is 31.1 Å². The topological polar surface area (TPSA) is 78.9 Å². The number of rotatable bonds is 63. The van der Waals surface area contributed by atoms with Gasteiger partial charge < -0.3 is 14.2 Å². The van der Waals surface area contributed by atoms with E-state index in [4.69, 9.17) is 14.2 Å². The molecule has 1 atom stereocenters. The average Bonchev–Trinajstić information content (AvgIpc) is 3.43. The smallest absolute Gasteiger partial charge is 0.306 e. The third-order valence-corrected chi connectivity index (χ3v) is 15.3. The first-order valence-electron chi connectivity index (χ1n) is 34.1. The van der Waals surface area contributed by atoms with Crippen molar-refractivity contribution in [3.8, 4) is 0 Å². The number of allylic oxidation sites excluding steroid dienone is 8. The minimum atomic E-state index is -0.777. The van der Waals surface area contributed by atoms with Gasteiger partial charge in [-0.3, -0.25) is 14.4 Å². The molecule has 0 rings (SSSR count). The highest BCUT2D eigenvalue weighted by molar-refractivity contribution is 5.71. The quantitative estimate of drug-likeness (QED) is 0.0261. The van der Waals surface area contributed by atoms with Crippen molar-refractivity contribution in [2.75, 3.05) is 13.2 Å². The minimum Gasteiger partial charge on any atom is -0.462 e. The van der Waals surface area contributed by atoms with Crippen LogP contribution in [0.2, 0.25) is 0 Å². The van der Waals surface area contributed by atoms with Crippen LogP contribution in [-0.2, 0) is 28.6 Å². The van der Waals surface area contributed by atoms with E-state index in [2.05, 4.69) is 69.4 Å². The van der Waals surface area contributed by atoms with E-state index in [0.29, 0.717) is 19.3 Å². The molecule has 0 fully saturated rings. The number of carbonyl (C=O) groups is 3. The number of unbranched alkanes of at least 4 members (excludes halogenated alkanes) is 44. The van der Waals surface area contributed by atoms with E-state index in [1.54, 1.807) is 0 Å². The second-order valence-corrected chi connectivity index (χ2v) is 23.1. The molecule has 0 spiro atoms. The maximum atomic E-state index is 12.9. The van der Waals surface area contributed by atoms with E-state index in [9.17, 15) is 14.4 Å². The normalized spacial score (nSPS) is 12.3. The maximum absolute atomic E-state index is 12.9. The van der Waals surface area contributed by atoms with E-state index < -0.39 is 6.10 Å². The molecule has 0 heterocycles. The summed E-state index contributed by atoms with van der Waals surface area (Å²) in [5.74, 6) is -0.864. The van der Waals surface area contributed by atoms with Crippen LogP contribution in [0.5, 0.6) is 0 Å². The zero-order chi connectivity index (χ0) is 55.7. The van der Waals surface area contributed by atoms with Crippen LogP contribution < -0.4 is 0 Å². The molecule has 0 amide bonds. The van der Waals surface area contributed by atoms with Crippen LogP contribution in [0.4, 0.5) is 0 Å². The van der Waals surface area contributed by atoms with Gasteiger partial charge in [-0.1, -0.05) is 320 Å². The number of hydrogen-bond donors (Lipinski definition) is 0. The molecule has 0 aliphatic carbocycles. The van der Waals surface area contributed by atoms with Gasteiger partial charge in [-0.05, 0) is 77.0 Å². The number of esters is 3. The molecule has 0 aromatic heterocycles. The molecule has 0 aliphatic heterocycles. The maximum Gasteiger partial charge on any atom is 0.306 e. The van der Waals surface area contributed by atoms with Gasteiger partial charge in [0.2, 0.25) is 0 Å². The highest BCUT2D eigenvalue weighted by Gasteiger charge is 2.19. The van der Waals surface area contributed by atoms with Gasteiger partial charge in [-0.2, -0.15) is 0 Å². The predicted molar refractivity (Wildman–Crippen MR) is 335 cm³/mol. The molecule has 0 bridgehead atoms. The SMILES string of the molecule is CCC/C=C\C/C=C\CCCCCCCC(=O)OCC(COC(=O)CCCCCCCCCCCCCCCCC/C=C\C/C=C\CCCCCCC)OC(=O)CCCCCCCCCCCCCCCCCCCCC. The second kappa shape index (κ2) is 65.9. The van der Waals surface area contributed by atoms with Gasteiger partial charge in [0.05, 0.1) is 0 Å². The lowest BCUT2D eigenvalue weighted by Gasteiger charge is -2.18. The molecule has 6 heteroatoms. The van der Waals surface area contributed by atoms with Crippen LogP contribution in [0.25, 0.3) is 0 Å². The van der Waals surface area contributed by atoms with E-state index in [1.807, 2.05) is 0 Å². The first kappa shape index (κ1) is 74.4. The summed E-state index contributed by atoms with van der Waals surface area (Å²) in [7, 11) is 0. The van der Waals surface area contributed by atoms with Crippen molar-refractivity contribution in [3.63, 3.8) is 0 Å². The molecule has 0 aromatic rings. The second-order valence-electron chi connectivity index (χ2n) is 23.1. The standard InChI is InChI=1S/C71H130O6/c1-4-7-10-13-16-19-22-25-27-29-31-32-33-34-35-36-37-38-40-41-43-46-49-52-55-58-61-64-70(73)76-67-68(66-75-69(72)63-60-57-54-51-48-45-24-21-18-15-12-9-6-3)77-71(74)65-62-59-56-53-50-47-44-42-39-30-28-26-23-20-17-14-11-8-5-2/h12,15,21-22,24-25,29,31,68H,4-11,13-14,16-20,23,26-28,30,32-67H2,1-3H3/b15-12-,24-21-,25-22-,31-29-. The number of carbonyl (C=O) groups excluding carboxylic acids is 3. The average molecular weight is 1080 g/mol. The first-order chi connectivity index (χ1) is 38.0. The minimum absolute atomic E-state index is 0.0733. The van der Waals surface area contributed by atoms with E-state index >= 15 is 0 Å². The molecular weight excluding hydrogens is 949 g/mol. The third-order valence-electron chi connectivity index (χ3n) is 15.3. The van der Waals surface area contributed by atoms with Crippen molar-refractivity contribution >= 4 is 17.9 Å². The van der Waals surface area contributed by atoms with Crippen molar-refractivity contribution in [1.29, 1.82) is 0 Å². The van der Waals surface area contributed by atoms with Gasteiger partial charge in [-0.25, -0.2) is 0 Å². The Hall–Kier alpha value is -2.63.